The van der Waals surface area contributed by atoms with E-state index in [4.69, 9.17) is 12.2 Å². The molecule has 132 valence electrons. The Labute approximate surface area is 157 Å². The van der Waals surface area contributed by atoms with Gasteiger partial charge in [0.15, 0.2) is 5.11 Å². The molecule has 5 nitrogen and oxygen atoms in total. The molecule has 0 unspecified atom stereocenters. The number of hydrogen-bond acceptors (Lipinski definition) is 3. The number of imide groups is 1. The van der Waals surface area contributed by atoms with Crippen molar-refractivity contribution in [3.63, 3.8) is 0 Å². The van der Waals surface area contributed by atoms with Gasteiger partial charge in [0.25, 0.3) is 11.8 Å². The van der Waals surface area contributed by atoms with E-state index in [1.807, 2.05) is 12.1 Å². The highest BCUT2D eigenvalue weighted by Gasteiger charge is 2.39. The third-order valence-electron chi connectivity index (χ3n) is 5.12. The molecule has 0 radical (unpaired) electrons. The van der Waals surface area contributed by atoms with E-state index in [-0.39, 0.29) is 24.4 Å². The molecule has 2 aromatic rings. The number of nitrogens with one attached hydrogen (secondary N) is 1. The first-order valence-electron chi connectivity index (χ1n) is 8.63. The van der Waals surface area contributed by atoms with Gasteiger partial charge in [-0.15, -0.1) is 0 Å². The summed E-state index contributed by atoms with van der Waals surface area (Å²) >= 11 is 5.48. The van der Waals surface area contributed by atoms with Crippen molar-refractivity contribution in [2.45, 2.75) is 12.5 Å². The normalized spacial score (nSPS) is 18.6. The number of benzene rings is 2. The third kappa shape index (κ3) is 2.57. The van der Waals surface area contributed by atoms with Crippen LogP contribution >= 0.6 is 12.2 Å². The lowest BCUT2D eigenvalue weighted by molar-refractivity contribution is 0.0613. The number of thiocarbonyl (C=S) groups is 1. The van der Waals surface area contributed by atoms with Crippen LogP contribution in [0.3, 0.4) is 0 Å². The minimum atomic E-state index is -0.232. The monoisotopic (exact) mass is 365 g/mol. The third-order valence-corrected chi connectivity index (χ3v) is 5.56. The second-order valence-electron chi connectivity index (χ2n) is 6.48. The van der Waals surface area contributed by atoms with E-state index in [0.29, 0.717) is 16.2 Å². The molecule has 6 heteroatoms. The van der Waals surface area contributed by atoms with Gasteiger partial charge in [0.2, 0.25) is 0 Å². The zero-order valence-electron chi connectivity index (χ0n) is 14.4. The summed E-state index contributed by atoms with van der Waals surface area (Å²) in [7, 11) is 1.79. The van der Waals surface area contributed by atoms with Gasteiger partial charge < -0.3 is 10.2 Å². The topological polar surface area (TPSA) is 52.6 Å². The maximum Gasteiger partial charge on any atom is 0.261 e. The molecule has 2 amide bonds. The van der Waals surface area contributed by atoms with Crippen LogP contribution in [0.15, 0.2) is 48.5 Å². The van der Waals surface area contributed by atoms with Gasteiger partial charge in [-0.3, -0.25) is 14.5 Å². The average Bonchev–Trinajstić information content (AvgIpc) is 2.93. The predicted molar refractivity (Wildman–Crippen MR) is 103 cm³/mol. The maximum absolute atomic E-state index is 12.8. The Morgan fingerprint density at radius 3 is 2.35 bits per heavy atom. The fourth-order valence-corrected chi connectivity index (χ4v) is 4.03. The molecule has 0 saturated heterocycles. The second kappa shape index (κ2) is 6.53. The van der Waals surface area contributed by atoms with Gasteiger partial charge in [-0.2, -0.15) is 0 Å². The van der Waals surface area contributed by atoms with Crippen LogP contribution in [-0.4, -0.2) is 46.9 Å². The summed E-state index contributed by atoms with van der Waals surface area (Å²) in [5.41, 5.74) is 3.31. The Hall–Kier alpha value is -2.73. The molecule has 0 fully saturated rings. The number of carbonyl (C=O) groups is 2. The summed E-state index contributed by atoms with van der Waals surface area (Å²) in [5.74, 6) is -0.465. The first-order chi connectivity index (χ1) is 12.6. The van der Waals surface area contributed by atoms with E-state index < -0.39 is 0 Å². The van der Waals surface area contributed by atoms with Crippen LogP contribution in [0, 0.1) is 0 Å². The van der Waals surface area contributed by atoms with Gasteiger partial charge in [-0.1, -0.05) is 36.4 Å². The minimum Gasteiger partial charge on any atom is -0.366 e. The van der Waals surface area contributed by atoms with Crippen molar-refractivity contribution in [2.24, 2.45) is 0 Å². The Kier molecular flexibility index (Phi) is 4.20. The summed E-state index contributed by atoms with van der Waals surface area (Å²) in [5, 5.41) is 3.65. The van der Waals surface area contributed by atoms with Crippen molar-refractivity contribution in [1.82, 2.24) is 15.1 Å². The van der Waals surface area contributed by atoms with Gasteiger partial charge in [0.1, 0.15) is 0 Å². The van der Waals surface area contributed by atoms with Crippen molar-refractivity contribution in [3.05, 3.63) is 70.8 Å². The average molecular weight is 365 g/mol. The molecule has 2 aromatic carbocycles. The van der Waals surface area contributed by atoms with Crippen LogP contribution in [0.4, 0.5) is 0 Å². The zero-order valence-corrected chi connectivity index (χ0v) is 15.3. The van der Waals surface area contributed by atoms with E-state index >= 15 is 0 Å². The molecule has 2 aliphatic rings. The Bertz CT molecular complexity index is 876. The molecule has 0 aromatic heterocycles. The molecule has 1 N–H and O–H groups in total. The molecule has 0 bridgehead atoms. The number of carbonyl (C=O) groups excluding carboxylic acids is 2. The van der Waals surface area contributed by atoms with Gasteiger partial charge in [-0.05, 0) is 41.9 Å². The number of hydrogen-bond donors (Lipinski definition) is 1. The summed E-state index contributed by atoms with van der Waals surface area (Å²) in [6.07, 6.45) is 0.886. The molecular formula is C20H19N3O2S. The molecular weight excluding hydrogens is 346 g/mol. The van der Waals surface area contributed by atoms with Crippen molar-refractivity contribution in [2.75, 3.05) is 20.1 Å². The van der Waals surface area contributed by atoms with E-state index in [2.05, 4.69) is 22.3 Å². The first kappa shape index (κ1) is 16.7. The van der Waals surface area contributed by atoms with Crippen molar-refractivity contribution < 1.29 is 9.59 Å². The van der Waals surface area contributed by atoms with E-state index in [1.165, 1.54) is 10.5 Å². The molecule has 0 aliphatic carbocycles. The zero-order chi connectivity index (χ0) is 18.3. The molecule has 26 heavy (non-hydrogen) atoms. The van der Waals surface area contributed by atoms with Crippen LogP contribution < -0.4 is 5.32 Å². The van der Waals surface area contributed by atoms with Gasteiger partial charge in [0.05, 0.1) is 23.7 Å². The minimum absolute atomic E-state index is 0.151. The fraction of sp³-hybridized carbons (Fsp3) is 0.250. The van der Waals surface area contributed by atoms with Gasteiger partial charge in [-0.25, -0.2) is 0 Å². The Morgan fingerprint density at radius 2 is 1.69 bits per heavy atom. The lowest BCUT2D eigenvalue weighted by atomic mass is 9.92. The van der Waals surface area contributed by atoms with Crippen LogP contribution in [0.5, 0.6) is 0 Å². The largest absolute Gasteiger partial charge is 0.366 e. The maximum atomic E-state index is 12.8. The van der Waals surface area contributed by atoms with Crippen LogP contribution in [0.25, 0.3) is 0 Å². The molecule has 1 atom stereocenters. The molecule has 4 rings (SSSR count). The lowest BCUT2D eigenvalue weighted by Crippen LogP contribution is -2.49. The number of nitrogens with zero attached hydrogens (tertiary/aromatic N) is 2. The van der Waals surface area contributed by atoms with E-state index in [0.717, 1.165) is 18.5 Å². The summed E-state index contributed by atoms with van der Waals surface area (Å²) < 4.78 is 0. The Morgan fingerprint density at radius 1 is 1.08 bits per heavy atom. The number of amides is 2. The predicted octanol–water partition coefficient (Wildman–Crippen LogP) is 2.39. The smallest absolute Gasteiger partial charge is 0.261 e. The second-order valence-corrected chi connectivity index (χ2v) is 6.87. The van der Waals surface area contributed by atoms with Crippen LogP contribution in [0.1, 0.15) is 37.9 Å². The summed E-state index contributed by atoms with van der Waals surface area (Å²) in [6, 6.07) is 15.0. The molecule has 2 aliphatic heterocycles. The highest BCUT2D eigenvalue weighted by molar-refractivity contribution is 7.80. The number of rotatable bonds is 2. The number of fused-ring (bicyclic) bond motifs is 2. The molecule has 2 heterocycles. The highest BCUT2D eigenvalue weighted by Crippen LogP contribution is 2.33. The highest BCUT2D eigenvalue weighted by atomic mass is 32.1. The standard InChI is InChI=1S/C20H19N3O2S/c1-21-20(26)22-11-10-13-6-2-3-7-14(13)17(22)12-23-18(24)15-8-4-5-9-16(15)19(23)25/h2-9,17H,10-12H2,1H3,(H,21,26)/t17-/m1/s1. The molecule has 0 spiro atoms. The van der Waals surface area contributed by atoms with Crippen molar-refractivity contribution in [3.8, 4) is 0 Å². The van der Waals surface area contributed by atoms with Crippen LogP contribution in [0.2, 0.25) is 0 Å². The van der Waals surface area contributed by atoms with Crippen LogP contribution in [-0.2, 0) is 6.42 Å². The van der Waals surface area contributed by atoms with Crippen molar-refractivity contribution in [1.29, 1.82) is 0 Å². The summed E-state index contributed by atoms with van der Waals surface area (Å²) in [6.45, 7) is 1.04. The Balaban J connectivity index is 1.70. The lowest BCUT2D eigenvalue weighted by Gasteiger charge is -2.40. The first-order valence-corrected chi connectivity index (χ1v) is 9.04. The van der Waals surface area contributed by atoms with Gasteiger partial charge >= 0.3 is 0 Å². The quantitative estimate of drug-likeness (QED) is 0.654. The van der Waals surface area contributed by atoms with E-state index in [9.17, 15) is 9.59 Å². The van der Waals surface area contributed by atoms with E-state index in [1.54, 1.807) is 31.3 Å². The van der Waals surface area contributed by atoms with Gasteiger partial charge in [0, 0.05) is 13.6 Å². The fourth-order valence-electron chi connectivity index (χ4n) is 3.81. The molecule has 0 saturated carbocycles. The SMILES string of the molecule is CNC(=S)N1CCc2ccccc2[C@H]1CN1C(=O)c2ccccc2C1=O. The summed E-state index contributed by atoms with van der Waals surface area (Å²) in [4.78, 5) is 29.0. The van der Waals surface area contributed by atoms with Crippen molar-refractivity contribution >= 4 is 29.1 Å².